The van der Waals surface area contributed by atoms with Crippen molar-refractivity contribution in [1.82, 2.24) is 0 Å². The van der Waals surface area contributed by atoms with Gasteiger partial charge in [0.25, 0.3) is 0 Å². The van der Waals surface area contributed by atoms with Gasteiger partial charge in [0, 0.05) is 16.9 Å². The Labute approximate surface area is 392 Å². The molecule has 0 radical (unpaired) electrons. The first-order chi connectivity index (χ1) is 33.3. The van der Waals surface area contributed by atoms with Crippen LogP contribution in [0.4, 0.5) is 17.1 Å². The van der Waals surface area contributed by atoms with Crippen molar-refractivity contribution in [3.8, 4) is 33.4 Å². The molecule has 0 saturated heterocycles. The van der Waals surface area contributed by atoms with Crippen LogP contribution >= 0.6 is 0 Å². The molecule has 0 saturated carbocycles. The van der Waals surface area contributed by atoms with Crippen molar-refractivity contribution in [3.05, 3.63) is 317 Å². The van der Waals surface area contributed by atoms with Crippen LogP contribution in [0.2, 0.25) is 0 Å². The minimum Gasteiger partial charge on any atom is -0.310 e. The normalized spacial score (nSPS) is 13.6. The van der Waals surface area contributed by atoms with E-state index in [2.05, 4.69) is 278 Å². The van der Waals surface area contributed by atoms with Gasteiger partial charge >= 0.3 is 0 Å². The highest BCUT2D eigenvalue weighted by Crippen LogP contribution is 2.62. The topological polar surface area (TPSA) is 3.24 Å². The molecule has 67 heavy (non-hydrogen) atoms. The Kier molecular flexibility index (Phi) is 9.05. The number of rotatable bonds is 8. The van der Waals surface area contributed by atoms with Crippen LogP contribution in [0.1, 0.15) is 44.5 Å². The quantitative estimate of drug-likeness (QED) is 0.147. The molecule has 314 valence electrons. The van der Waals surface area contributed by atoms with Gasteiger partial charge in [-0.05, 0) is 113 Å². The van der Waals surface area contributed by atoms with Crippen molar-refractivity contribution in [2.45, 2.75) is 10.8 Å². The van der Waals surface area contributed by atoms with Crippen LogP contribution in [0.3, 0.4) is 0 Å². The van der Waals surface area contributed by atoms with Gasteiger partial charge in [0.2, 0.25) is 0 Å². The van der Waals surface area contributed by atoms with E-state index in [1.54, 1.807) is 0 Å². The Morgan fingerprint density at radius 3 is 1.42 bits per heavy atom. The van der Waals surface area contributed by atoms with Crippen LogP contribution in [0.15, 0.2) is 273 Å². The van der Waals surface area contributed by atoms with Crippen molar-refractivity contribution >= 4 is 27.8 Å². The standard InChI is InChI=1S/C66H45N/c1-6-21-46(22-7-1)47-37-40-53(41-38-47)67(62-36-20-35-60-63(62)58-33-18-19-34-59(58)65(60,49-24-8-2-9-25-49)50-26-10-3-11-27-50)54-42-44-56-57-43-39-48-23-16-17-32-55(48)64(57)66(61(56)45-54,51-28-12-4-13-29-51)52-30-14-5-15-31-52/h1-45H. The van der Waals surface area contributed by atoms with Gasteiger partial charge in [-0.1, -0.05) is 243 Å². The summed E-state index contributed by atoms with van der Waals surface area (Å²) in [7, 11) is 0. The Bertz CT molecular complexity index is 3520. The molecule has 1 nitrogen and oxygen atoms in total. The van der Waals surface area contributed by atoms with Crippen molar-refractivity contribution in [1.29, 1.82) is 0 Å². The minimum atomic E-state index is -0.603. The zero-order valence-electron chi connectivity index (χ0n) is 36.9. The largest absolute Gasteiger partial charge is 0.310 e. The maximum absolute atomic E-state index is 2.53. The molecule has 0 aliphatic heterocycles. The zero-order chi connectivity index (χ0) is 44.4. The van der Waals surface area contributed by atoms with Crippen molar-refractivity contribution in [2.24, 2.45) is 0 Å². The summed E-state index contributed by atoms with van der Waals surface area (Å²) in [4.78, 5) is 2.53. The third kappa shape index (κ3) is 5.75. The molecule has 0 heterocycles. The molecule has 11 aromatic carbocycles. The van der Waals surface area contributed by atoms with Crippen LogP contribution in [0, 0.1) is 0 Å². The molecule has 0 fully saturated rings. The van der Waals surface area contributed by atoms with E-state index in [1.807, 2.05) is 0 Å². The van der Waals surface area contributed by atoms with E-state index < -0.39 is 10.8 Å². The van der Waals surface area contributed by atoms with E-state index in [-0.39, 0.29) is 0 Å². The lowest BCUT2D eigenvalue weighted by Gasteiger charge is -2.36. The second-order valence-corrected chi connectivity index (χ2v) is 17.9. The molecule has 1 heteroatoms. The van der Waals surface area contributed by atoms with E-state index >= 15 is 0 Å². The third-order valence-electron chi connectivity index (χ3n) is 14.6. The van der Waals surface area contributed by atoms with Gasteiger partial charge in [0.05, 0.1) is 16.5 Å². The molecule has 0 aromatic heterocycles. The summed E-state index contributed by atoms with van der Waals surface area (Å²) in [5, 5.41) is 2.51. The Balaban J connectivity index is 1.12. The van der Waals surface area contributed by atoms with Gasteiger partial charge in [0.1, 0.15) is 0 Å². The number of hydrogen-bond donors (Lipinski definition) is 0. The maximum atomic E-state index is 2.53. The highest BCUT2D eigenvalue weighted by Gasteiger charge is 2.49. The lowest BCUT2D eigenvalue weighted by Crippen LogP contribution is -2.29. The van der Waals surface area contributed by atoms with Gasteiger partial charge in [0.15, 0.2) is 0 Å². The van der Waals surface area contributed by atoms with Crippen LogP contribution in [-0.2, 0) is 10.8 Å². The van der Waals surface area contributed by atoms with E-state index in [9.17, 15) is 0 Å². The van der Waals surface area contributed by atoms with Gasteiger partial charge < -0.3 is 4.90 Å². The molecule has 13 rings (SSSR count). The number of fused-ring (bicyclic) bond motifs is 8. The monoisotopic (exact) mass is 851 g/mol. The van der Waals surface area contributed by atoms with Gasteiger partial charge in [-0.2, -0.15) is 0 Å². The lowest BCUT2D eigenvalue weighted by molar-refractivity contribution is 0.768. The number of anilines is 3. The van der Waals surface area contributed by atoms with Crippen LogP contribution in [0.25, 0.3) is 44.2 Å². The third-order valence-corrected chi connectivity index (χ3v) is 14.6. The molecule has 0 unspecified atom stereocenters. The average Bonchev–Trinajstić information content (AvgIpc) is 3.89. The molecule has 0 amide bonds. The first-order valence-electron chi connectivity index (χ1n) is 23.3. The van der Waals surface area contributed by atoms with Gasteiger partial charge in [-0.3, -0.25) is 0 Å². The lowest BCUT2D eigenvalue weighted by atomic mass is 9.66. The van der Waals surface area contributed by atoms with Crippen LogP contribution < -0.4 is 4.90 Å². The summed E-state index contributed by atoms with van der Waals surface area (Å²) in [6.45, 7) is 0. The molecule has 2 aliphatic carbocycles. The summed E-state index contributed by atoms with van der Waals surface area (Å²) in [5.41, 5.74) is 19.8. The summed E-state index contributed by atoms with van der Waals surface area (Å²) < 4.78 is 0. The SMILES string of the molecule is c1ccc(-c2ccc(N(c3ccc4c(c3)C(c3ccccc3)(c3ccccc3)c3c-4ccc4ccccc34)c3cccc4c3-c3ccccc3C4(c3ccccc3)c3ccccc3)cc2)cc1. The molecular formula is C66H45N. The van der Waals surface area contributed by atoms with E-state index in [1.165, 1.54) is 88.7 Å². The van der Waals surface area contributed by atoms with Crippen molar-refractivity contribution in [2.75, 3.05) is 4.90 Å². The van der Waals surface area contributed by atoms with Crippen LogP contribution in [0.5, 0.6) is 0 Å². The average molecular weight is 852 g/mol. The predicted octanol–water partition coefficient (Wildman–Crippen LogP) is 16.7. The Hall–Kier alpha value is -8.52. The first-order valence-corrected chi connectivity index (χ1v) is 23.3. The summed E-state index contributed by atoms with van der Waals surface area (Å²) in [5.74, 6) is 0. The van der Waals surface area contributed by atoms with E-state index in [0.717, 1.165) is 17.1 Å². The smallest absolute Gasteiger partial charge is 0.0720 e. The summed E-state index contributed by atoms with van der Waals surface area (Å²) >= 11 is 0. The van der Waals surface area contributed by atoms with E-state index in [4.69, 9.17) is 0 Å². The minimum absolute atomic E-state index is 0.538. The number of benzene rings is 11. The molecule has 0 atom stereocenters. The summed E-state index contributed by atoms with van der Waals surface area (Å²) in [6.07, 6.45) is 0. The second kappa shape index (κ2) is 15.6. The van der Waals surface area contributed by atoms with Gasteiger partial charge in [-0.15, -0.1) is 0 Å². The fourth-order valence-electron chi connectivity index (χ4n) is 11.9. The zero-order valence-corrected chi connectivity index (χ0v) is 36.9. The Morgan fingerprint density at radius 1 is 0.284 bits per heavy atom. The molecule has 0 N–H and O–H groups in total. The Morgan fingerprint density at radius 2 is 0.776 bits per heavy atom. The molecule has 2 aliphatic rings. The number of nitrogens with zero attached hydrogens (tertiary/aromatic N) is 1. The highest BCUT2D eigenvalue weighted by atomic mass is 15.1. The highest BCUT2D eigenvalue weighted by molar-refractivity contribution is 6.02. The van der Waals surface area contributed by atoms with Crippen molar-refractivity contribution in [3.63, 3.8) is 0 Å². The fourth-order valence-corrected chi connectivity index (χ4v) is 11.9. The van der Waals surface area contributed by atoms with Crippen LogP contribution in [-0.4, -0.2) is 0 Å². The summed E-state index contributed by atoms with van der Waals surface area (Å²) in [6, 6.07) is 101. The second-order valence-electron chi connectivity index (χ2n) is 17.9. The molecular weight excluding hydrogens is 807 g/mol. The van der Waals surface area contributed by atoms with Gasteiger partial charge in [-0.25, -0.2) is 0 Å². The molecule has 0 bridgehead atoms. The maximum Gasteiger partial charge on any atom is 0.0720 e. The van der Waals surface area contributed by atoms with Crippen molar-refractivity contribution < 1.29 is 0 Å². The van der Waals surface area contributed by atoms with E-state index in [0.29, 0.717) is 0 Å². The fraction of sp³-hybridized carbons (Fsp3) is 0.0303. The molecule has 0 spiro atoms. The first kappa shape index (κ1) is 38.9. The predicted molar refractivity (Wildman–Crippen MR) is 279 cm³/mol. The molecule has 11 aromatic rings. The number of hydrogen-bond acceptors (Lipinski definition) is 1.